The summed E-state index contributed by atoms with van der Waals surface area (Å²) in [4.78, 5) is 12.8. The van der Waals surface area contributed by atoms with Gasteiger partial charge in [0.15, 0.2) is 0 Å². The molecule has 1 fully saturated rings. The van der Waals surface area contributed by atoms with Gasteiger partial charge >= 0.3 is 5.97 Å². The fourth-order valence-corrected chi connectivity index (χ4v) is 1.55. The van der Waals surface area contributed by atoms with Crippen LogP contribution in [0.2, 0.25) is 0 Å². The van der Waals surface area contributed by atoms with Crippen molar-refractivity contribution in [2.45, 2.75) is 13.0 Å². The Balaban J connectivity index is 2.53. The number of carboxylic acids is 1. The molecule has 70 valence electrons. The molecule has 1 aliphatic rings. The molecule has 2 unspecified atom stereocenters. The molecule has 0 spiro atoms. The number of aliphatic carboxylic acids is 1. The minimum absolute atomic E-state index is 0.135. The van der Waals surface area contributed by atoms with Crippen molar-refractivity contribution in [3.63, 3.8) is 0 Å². The van der Waals surface area contributed by atoms with Crippen molar-refractivity contribution in [3.8, 4) is 0 Å². The van der Waals surface area contributed by atoms with Gasteiger partial charge in [-0.1, -0.05) is 6.92 Å². The SMILES string of the molecule is CC(C(=O)O)C1CNCCN1C. The van der Waals surface area contributed by atoms with Gasteiger partial charge in [-0.3, -0.25) is 4.79 Å². The van der Waals surface area contributed by atoms with Crippen molar-refractivity contribution in [2.24, 2.45) is 5.92 Å². The Bertz CT molecular complexity index is 172. The molecule has 12 heavy (non-hydrogen) atoms. The lowest BCUT2D eigenvalue weighted by atomic mass is 9.99. The summed E-state index contributed by atoms with van der Waals surface area (Å²) in [6.45, 7) is 4.43. The molecule has 1 rings (SSSR count). The van der Waals surface area contributed by atoms with Gasteiger partial charge < -0.3 is 15.3 Å². The minimum Gasteiger partial charge on any atom is -0.481 e. The molecule has 1 heterocycles. The molecule has 2 atom stereocenters. The smallest absolute Gasteiger partial charge is 0.307 e. The summed E-state index contributed by atoms with van der Waals surface area (Å²) in [6, 6.07) is 0.135. The first-order valence-corrected chi connectivity index (χ1v) is 4.26. The van der Waals surface area contributed by atoms with Crippen molar-refractivity contribution in [1.29, 1.82) is 0 Å². The highest BCUT2D eigenvalue weighted by Crippen LogP contribution is 2.11. The van der Waals surface area contributed by atoms with Gasteiger partial charge in [-0.25, -0.2) is 0 Å². The molecule has 1 aliphatic heterocycles. The number of carboxylic acid groups (broad SMARTS) is 1. The zero-order valence-corrected chi connectivity index (χ0v) is 7.58. The van der Waals surface area contributed by atoms with Crippen LogP contribution < -0.4 is 5.32 Å². The molecule has 0 radical (unpaired) electrons. The van der Waals surface area contributed by atoms with Crippen LogP contribution in [0, 0.1) is 5.92 Å². The highest BCUT2D eigenvalue weighted by molar-refractivity contribution is 5.70. The van der Waals surface area contributed by atoms with Crippen LogP contribution in [0.1, 0.15) is 6.92 Å². The Morgan fingerprint density at radius 3 is 2.92 bits per heavy atom. The number of nitrogens with one attached hydrogen (secondary N) is 1. The second-order valence-electron chi connectivity index (χ2n) is 3.38. The monoisotopic (exact) mass is 172 g/mol. The van der Waals surface area contributed by atoms with Gasteiger partial charge in [0.25, 0.3) is 0 Å². The predicted molar refractivity (Wildman–Crippen MR) is 46.1 cm³/mol. The van der Waals surface area contributed by atoms with E-state index in [1.54, 1.807) is 6.92 Å². The van der Waals surface area contributed by atoms with E-state index in [0.29, 0.717) is 0 Å². The third kappa shape index (κ3) is 1.95. The molecule has 0 aliphatic carbocycles. The molecule has 2 N–H and O–H groups in total. The zero-order chi connectivity index (χ0) is 9.14. The van der Waals surface area contributed by atoms with Crippen molar-refractivity contribution in [2.75, 3.05) is 26.7 Å². The van der Waals surface area contributed by atoms with Crippen molar-refractivity contribution in [3.05, 3.63) is 0 Å². The van der Waals surface area contributed by atoms with Crippen LogP contribution in [-0.4, -0.2) is 48.7 Å². The maximum atomic E-state index is 10.7. The maximum absolute atomic E-state index is 10.7. The highest BCUT2D eigenvalue weighted by atomic mass is 16.4. The summed E-state index contributed by atoms with van der Waals surface area (Å²) in [7, 11) is 1.98. The summed E-state index contributed by atoms with van der Waals surface area (Å²) in [5.74, 6) is -1.00. The lowest BCUT2D eigenvalue weighted by Crippen LogP contribution is -2.53. The van der Waals surface area contributed by atoms with Gasteiger partial charge in [0, 0.05) is 25.7 Å². The third-order valence-corrected chi connectivity index (χ3v) is 2.53. The van der Waals surface area contributed by atoms with E-state index >= 15 is 0 Å². The molecule has 0 aromatic heterocycles. The van der Waals surface area contributed by atoms with E-state index in [-0.39, 0.29) is 12.0 Å². The quantitative estimate of drug-likeness (QED) is 0.595. The molecule has 0 aromatic carbocycles. The molecule has 4 heteroatoms. The fraction of sp³-hybridized carbons (Fsp3) is 0.875. The van der Waals surface area contributed by atoms with Crippen LogP contribution in [0.3, 0.4) is 0 Å². The topological polar surface area (TPSA) is 52.6 Å². The van der Waals surface area contributed by atoms with Gasteiger partial charge in [-0.05, 0) is 7.05 Å². The standard InChI is InChI=1S/C8H16N2O2/c1-6(8(11)12)7-5-9-3-4-10(7)2/h6-7,9H,3-5H2,1-2H3,(H,11,12). The number of piperazine rings is 1. The number of nitrogens with zero attached hydrogens (tertiary/aromatic N) is 1. The van der Waals surface area contributed by atoms with Crippen LogP contribution in [0.15, 0.2) is 0 Å². The molecule has 0 amide bonds. The van der Waals surface area contributed by atoms with Crippen LogP contribution >= 0.6 is 0 Å². The maximum Gasteiger partial charge on any atom is 0.307 e. The first kappa shape index (κ1) is 9.48. The van der Waals surface area contributed by atoms with Gasteiger partial charge in [-0.2, -0.15) is 0 Å². The second kappa shape index (κ2) is 3.87. The van der Waals surface area contributed by atoms with Crippen LogP contribution in [0.5, 0.6) is 0 Å². The first-order chi connectivity index (χ1) is 5.63. The third-order valence-electron chi connectivity index (χ3n) is 2.53. The Morgan fingerprint density at radius 2 is 2.42 bits per heavy atom. The molecule has 4 nitrogen and oxygen atoms in total. The van der Waals surface area contributed by atoms with E-state index in [2.05, 4.69) is 10.2 Å². The number of carbonyl (C=O) groups is 1. The molecular weight excluding hydrogens is 156 g/mol. The van der Waals surface area contributed by atoms with Crippen molar-refractivity contribution >= 4 is 5.97 Å². The Labute approximate surface area is 72.6 Å². The van der Waals surface area contributed by atoms with Crippen LogP contribution in [0.4, 0.5) is 0 Å². The molecule has 0 aromatic rings. The molecule has 0 saturated carbocycles. The van der Waals surface area contributed by atoms with Gasteiger partial charge in [0.1, 0.15) is 0 Å². The van der Waals surface area contributed by atoms with Crippen molar-refractivity contribution in [1.82, 2.24) is 10.2 Å². The number of likely N-dealkylation sites (N-methyl/N-ethyl adjacent to an activating group) is 1. The largest absolute Gasteiger partial charge is 0.481 e. The summed E-state index contributed by atoms with van der Waals surface area (Å²) < 4.78 is 0. The number of hydrogen-bond donors (Lipinski definition) is 2. The predicted octanol–water partition coefficient (Wildman–Crippen LogP) is -0.389. The zero-order valence-electron chi connectivity index (χ0n) is 7.58. The molecule has 0 bridgehead atoms. The Hall–Kier alpha value is -0.610. The average Bonchev–Trinajstić information content (AvgIpc) is 2.04. The van der Waals surface area contributed by atoms with Gasteiger partial charge in [0.2, 0.25) is 0 Å². The number of rotatable bonds is 2. The van der Waals surface area contributed by atoms with Gasteiger partial charge in [0.05, 0.1) is 5.92 Å². The van der Waals surface area contributed by atoms with Crippen LogP contribution in [-0.2, 0) is 4.79 Å². The highest BCUT2D eigenvalue weighted by Gasteiger charge is 2.28. The van der Waals surface area contributed by atoms with E-state index in [1.807, 2.05) is 7.05 Å². The summed E-state index contributed by atoms with van der Waals surface area (Å²) >= 11 is 0. The van der Waals surface area contributed by atoms with E-state index in [1.165, 1.54) is 0 Å². The Kier molecular flexibility index (Phi) is 3.05. The lowest BCUT2D eigenvalue weighted by molar-refractivity contribution is -0.143. The molecular formula is C8H16N2O2. The lowest BCUT2D eigenvalue weighted by Gasteiger charge is -2.35. The van der Waals surface area contributed by atoms with E-state index in [0.717, 1.165) is 19.6 Å². The van der Waals surface area contributed by atoms with Crippen LogP contribution in [0.25, 0.3) is 0 Å². The van der Waals surface area contributed by atoms with E-state index in [9.17, 15) is 4.79 Å². The minimum atomic E-state index is -0.712. The van der Waals surface area contributed by atoms with Crippen molar-refractivity contribution < 1.29 is 9.90 Å². The Morgan fingerprint density at radius 1 is 1.75 bits per heavy atom. The van der Waals surface area contributed by atoms with Gasteiger partial charge in [-0.15, -0.1) is 0 Å². The van der Waals surface area contributed by atoms with E-state index in [4.69, 9.17) is 5.11 Å². The fourth-order valence-electron chi connectivity index (χ4n) is 1.55. The summed E-state index contributed by atoms with van der Waals surface area (Å²) in [5, 5.41) is 12.0. The average molecular weight is 172 g/mol. The normalized spacial score (nSPS) is 28.3. The summed E-state index contributed by atoms with van der Waals surface area (Å²) in [5.41, 5.74) is 0. The first-order valence-electron chi connectivity index (χ1n) is 4.26. The summed E-state index contributed by atoms with van der Waals surface area (Å²) in [6.07, 6.45) is 0. The molecule has 1 saturated heterocycles. The second-order valence-corrected chi connectivity index (χ2v) is 3.38. The van der Waals surface area contributed by atoms with E-state index < -0.39 is 5.97 Å². The number of hydrogen-bond acceptors (Lipinski definition) is 3.